The lowest BCUT2D eigenvalue weighted by atomic mass is 10.00. The molecule has 0 saturated carbocycles. The average molecular weight is 538 g/mol. The van der Waals surface area contributed by atoms with Crippen LogP contribution in [0.3, 0.4) is 0 Å². The Morgan fingerprint density at radius 2 is 1.12 bits per heavy atom. The van der Waals surface area contributed by atoms with Gasteiger partial charge in [0.15, 0.2) is 0 Å². The Kier molecular flexibility index (Phi) is 19.4. The smallest absolute Gasteiger partial charge is 0.0481 e. The molecule has 0 bridgehead atoms. The van der Waals surface area contributed by atoms with Crippen molar-refractivity contribution in [3.63, 3.8) is 0 Å². The maximum atomic E-state index is 4.49. The van der Waals surface area contributed by atoms with E-state index in [-0.39, 0.29) is 0 Å². The van der Waals surface area contributed by atoms with Crippen molar-refractivity contribution in [1.29, 1.82) is 0 Å². The highest BCUT2D eigenvalue weighted by molar-refractivity contribution is 5.72. The molecule has 0 fully saturated rings. The third-order valence-electron chi connectivity index (χ3n) is 5.67. The molecule has 0 aliphatic heterocycles. The molecule has 0 aromatic heterocycles. The lowest BCUT2D eigenvalue weighted by Gasteiger charge is -2.31. The molecule has 0 aliphatic rings. The molecule has 40 heavy (non-hydrogen) atoms. The second kappa shape index (κ2) is 21.3. The Hall–Kier alpha value is -3.58. The summed E-state index contributed by atoms with van der Waals surface area (Å²) in [7, 11) is 0. The van der Waals surface area contributed by atoms with E-state index in [2.05, 4.69) is 132 Å². The van der Waals surface area contributed by atoms with Crippen LogP contribution in [0.4, 0.5) is 0 Å². The number of nitrogens with zero attached hydrogens (tertiary/aromatic N) is 1. The van der Waals surface area contributed by atoms with Crippen LogP contribution in [0.15, 0.2) is 127 Å². The maximum Gasteiger partial charge on any atom is 0.0481 e. The number of allylic oxidation sites excluding steroid dienone is 3. The van der Waals surface area contributed by atoms with Gasteiger partial charge in [-0.3, -0.25) is 0 Å². The number of hydrogen-bond donors (Lipinski definition) is 0. The summed E-state index contributed by atoms with van der Waals surface area (Å²) in [5.41, 5.74) is 10.3. The lowest BCUT2D eigenvalue weighted by Crippen LogP contribution is -2.22. The minimum Gasteiger partial charge on any atom is -0.337 e. The van der Waals surface area contributed by atoms with Gasteiger partial charge in [-0.1, -0.05) is 150 Å². The molecule has 1 heteroatoms. The van der Waals surface area contributed by atoms with Crippen molar-refractivity contribution in [2.45, 2.75) is 88.1 Å². The maximum absolute atomic E-state index is 4.49. The van der Waals surface area contributed by atoms with E-state index in [9.17, 15) is 0 Å². The summed E-state index contributed by atoms with van der Waals surface area (Å²) in [5, 5.41) is 0. The molecule has 216 valence electrons. The highest BCUT2D eigenvalue weighted by Gasteiger charge is 2.18. The van der Waals surface area contributed by atoms with Gasteiger partial charge in [0.1, 0.15) is 0 Å². The van der Waals surface area contributed by atoms with Crippen molar-refractivity contribution in [3.05, 3.63) is 138 Å². The zero-order chi connectivity index (χ0) is 30.5. The van der Waals surface area contributed by atoms with Gasteiger partial charge in [-0.05, 0) is 68.5 Å². The average Bonchev–Trinajstić information content (AvgIpc) is 2.94. The van der Waals surface area contributed by atoms with E-state index >= 15 is 0 Å². The second-order valence-corrected chi connectivity index (χ2v) is 10.2. The van der Waals surface area contributed by atoms with Crippen LogP contribution >= 0.6 is 0 Å². The topological polar surface area (TPSA) is 3.24 Å². The van der Waals surface area contributed by atoms with Crippen LogP contribution in [0.25, 0.3) is 16.8 Å². The molecule has 0 spiro atoms. The van der Waals surface area contributed by atoms with Crippen molar-refractivity contribution in [1.82, 2.24) is 4.90 Å². The second-order valence-electron chi connectivity index (χ2n) is 10.2. The van der Waals surface area contributed by atoms with E-state index in [1.165, 1.54) is 47.1 Å². The summed E-state index contributed by atoms with van der Waals surface area (Å²) in [4.78, 5) is 2.29. The number of unbranched alkanes of at least 4 members (excludes halogenated alkanes) is 2. The predicted octanol–water partition coefficient (Wildman–Crippen LogP) is 12.5. The minimum atomic E-state index is 0.753. The fourth-order valence-corrected chi connectivity index (χ4v) is 4.02. The number of hydrogen-bond acceptors (Lipinski definition) is 1. The normalized spacial score (nSPS) is 9.32. The molecule has 0 heterocycles. The van der Waals surface area contributed by atoms with Gasteiger partial charge in [-0.25, -0.2) is 0 Å². The first-order chi connectivity index (χ1) is 19.1. The fraction of sp³-hybridized carbons (Fsp3) is 0.333. The zero-order valence-electron chi connectivity index (χ0n) is 27.0. The summed E-state index contributed by atoms with van der Waals surface area (Å²) in [6.45, 7) is 31.7. The zero-order valence-corrected chi connectivity index (χ0v) is 27.0. The Morgan fingerprint density at radius 1 is 0.650 bits per heavy atom. The molecule has 0 aliphatic carbocycles. The summed E-state index contributed by atoms with van der Waals surface area (Å²) in [6.07, 6.45) is 4.08. The molecular weight excluding hydrogens is 482 g/mol. The molecule has 0 radical (unpaired) electrons. The van der Waals surface area contributed by atoms with Crippen molar-refractivity contribution in [2.24, 2.45) is 0 Å². The molecule has 3 aromatic rings. The Morgan fingerprint density at radius 3 is 1.55 bits per heavy atom. The van der Waals surface area contributed by atoms with Crippen molar-refractivity contribution in [3.8, 4) is 11.1 Å². The molecular formula is C39H55N. The van der Waals surface area contributed by atoms with E-state index in [1.807, 2.05) is 39.8 Å². The quantitative estimate of drug-likeness (QED) is 0.194. The summed E-state index contributed by atoms with van der Waals surface area (Å²) in [5.74, 6) is 0. The molecule has 1 nitrogen and oxygen atoms in total. The van der Waals surface area contributed by atoms with Gasteiger partial charge in [0.25, 0.3) is 0 Å². The van der Waals surface area contributed by atoms with E-state index < -0.39 is 0 Å². The molecule has 0 saturated heterocycles. The lowest BCUT2D eigenvalue weighted by molar-refractivity contribution is 0.486. The van der Waals surface area contributed by atoms with Crippen LogP contribution in [-0.2, 0) is 6.54 Å². The van der Waals surface area contributed by atoms with Gasteiger partial charge >= 0.3 is 0 Å². The minimum absolute atomic E-state index is 0.753. The first-order valence-corrected chi connectivity index (χ1v) is 14.7. The van der Waals surface area contributed by atoms with Gasteiger partial charge in [0.2, 0.25) is 0 Å². The SMILES string of the molecule is C=C(C)C.C=C(C)C(=C(C)C)N(Cc1ccccc1)C(=C)c1cccc(-c2ccccc2)c1.CC.CCCCC. The van der Waals surface area contributed by atoms with Crippen molar-refractivity contribution >= 4 is 5.70 Å². The first kappa shape index (κ1) is 36.4. The standard InChI is InChI=1S/C28H29N.C5H12.C4H8.C2H6/c1-21(2)28(22(3)4)29(20-24-13-8-6-9-14-24)23(5)26-17-12-18-27(19-26)25-15-10-7-11-16-25;1-3-5-4-2;1-4(2)3;1-2/h6-19H,1,5,20H2,2-4H3;3-5H2,1-2H3;1H2,2-3H3;1-2H3. The van der Waals surface area contributed by atoms with Crippen LogP contribution < -0.4 is 0 Å². The Bertz CT molecular complexity index is 1160. The first-order valence-electron chi connectivity index (χ1n) is 14.7. The van der Waals surface area contributed by atoms with Crippen LogP contribution in [0.2, 0.25) is 0 Å². The summed E-state index contributed by atoms with van der Waals surface area (Å²) >= 11 is 0. The molecule has 0 amide bonds. The van der Waals surface area contributed by atoms with Gasteiger partial charge in [-0.2, -0.15) is 0 Å². The molecule has 0 unspecified atom stereocenters. The van der Waals surface area contributed by atoms with Gasteiger partial charge in [-0.15, -0.1) is 6.58 Å². The van der Waals surface area contributed by atoms with Gasteiger partial charge in [0, 0.05) is 17.9 Å². The molecule has 0 atom stereocenters. The van der Waals surface area contributed by atoms with Gasteiger partial charge in [0.05, 0.1) is 0 Å². The van der Waals surface area contributed by atoms with Gasteiger partial charge < -0.3 is 4.90 Å². The molecule has 3 aromatic carbocycles. The summed E-state index contributed by atoms with van der Waals surface area (Å²) in [6, 6.07) is 29.6. The highest BCUT2D eigenvalue weighted by Crippen LogP contribution is 2.31. The fourth-order valence-electron chi connectivity index (χ4n) is 4.02. The van der Waals surface area contributed by atoms with Crippen LogP contribution in [0, 0.1) is 0 Å². The Labute approximate surface area is 247 Å². The predicted molar refractivity (Wildman–Crippen MR) is 183 cm³/mol. The molecule has 0 N–H and O–H groups in total. The van der Waals surface area contributed by atoms with E-state index in [1.54, 1.807) is 0 Å². The highest BCUT2D eigenvalue weighted by atomic mass is 15.1. The molecule has 3 rings (SSSR count). The number of rotatable bonds is 9. The van der Waals surface area contributed by atoms with E-state index in [4.69, 9.17) is 0 Å². The number of benzene rings is 3. The third-order valence-corrected chi connectivity index (χ3v) is 5.67. The summed E-state index contributed by atoms with van der Waals surface area (Å²) < 4.78 is 0. The largest absolute Gasteiger partial charge is 0.337 e. The van der Waals surface area contributed by atoms with Crippen molar-refractivity contribution in [2.75, 3.05) is 0 Å². The van der Waals surface area contributed by atoms with Crippen LogP contribution in [0.5, 0.6) is 0 Å². The Balaban J connectivity index is 0.00000119. The van der Waals surface area contributed by atoms with E-state index in [0.29, 0.717) is 0 Å². The van der Waals surface area contributed by atoms with Crippen LogP contribution in [0.1, 0.15) is 92.7 Å². The monoisotopic (exact) mass is 537 g/mol. The van der Waals surface area contributed by atoms with Crippen LogP contribution in [-0.4, -0.2) is 4.90 Å². The van der Waals surface area contributed by atoms with E-state index in [0.717, 1.165) is 29.1 Å². The third kappa shape index (κ3) is 14.0. The van der Waals surface area contributed by atoms with Crippen molar-refractivity contribution < 1.29 is 0 Å².